The Hall–Kier alpha value is -1.84. The summed E-state index contributed by atoms with van der Waals surface area (Å²) in [6.45, 7) is 1.86. The van der Waals surface area contributed by atoms with E-state index in [4.69, 9.17) is 5.11 Å². The van der Waals surface area contributed by atoms with Crippen molar-refractivity contribution in [2.45, 2.75) is 13.3 Å². The first kappa shape index (κ1) is 8.74. The average Bonchev–Trinajstić information content (AvgIpc) is 2.44. The Morgan fingerprint density at radius 3 is 3.07 bits per heavy atom. The maximum Gasteiger partial charge on any atom is 0.309 e. The molecule has 0 saturated heterocycles. The minimum atomic E-state index is -0.853. The second-order valence-corrected chi connectivity index (χ2v) is 3.13. The number of imidazole rings is 1. The Bertz CT molecular complexity index is 488. The van der Waals surface area contributed by atoms with Crippen LogP contribution in [0.25, 0.3) is 5.52 Å². The molecule has 0 saturated carbocycles. The van der Waals surface area contributed by atoms with Crippen LogP contribution in [0.2, 0.25) is 0 Å². The van der Waals surface area contributed by atoms with Crippen LogP contribution in [0.3, 0.4) is 0 Å². The third kappa shape index (κ3) is 1.35. The largest absolute Gasteiger partial charge is 0.481 e. The van der Waals surface area contributed by atoms with E-state index in [1.54, 1.807) is 0 Å². The number of nitrogens with zero attached hydrogens (tertiary/aromatic N) is 2. The van der Waals surface area contributed by atoms with Crippen molar-refractivity contribution in [3.05, 3.63) is 35.9 Å². The molecule has 2 rings (SSSR count). The zero-order chi connectivity index (χ0) is 10.1. The number of aryl methyl sites for hydroxylation is 1. The van der Waals surface area contributed by atoms with Gasteiger partial charge in [0.25, 0.3) is 0 Å². The third-order valence-electron chi connectivity index (χ3n) is 2.12. The van der Waals surface area contributed by atoms with E-state index in [0.29, 0.717) is 5.69 Å². The van der Waals surface area contributed by atoms with Gasteiger partial charge in [-0.25, -0.2) is 4.98 Å². The molecule has 0 amide bonds. The summed E-state index contributed by atoms with van der Waals surface area (Å²) >= 11 is 0. The molecule has 2 aromatic rings. The van der Waals surface area contributed by atoms with Gasteiger partial charge in [0.1, 0.15) is 5.82 Å². The first-order valence-corrected chi connectivity index (χ1v) is 4.33. The van der Waals surface area contributed by atoms with Crippen molar-refractivity contribution in [3.8, 4) is 0 Å². The fourth-order valence-corrected chi connectivity index (χ4v) is 1.54. The van der Waals surface area contributed by atoms with Gasteiger partial charge in [-0.05, 0) is 19.1 Å². The smallest absolute Gasteiger partial charge is 0.309 e. The molecule has 72 valence electrons. The van der Waals surface area contributed by atoms with E-state index in [1.807, 2.05) is 35.7 Å². The van der Waals surface area contributed by atoms with Crippen LogP contribution >= 0.6 is 0 Å². The highest BCUT2D eigenvalue weighted by Gasteiger charge is 2.10. The number of hydrogen-bond donors (Lipinski definition) is 1. The Labute approximate surface area is 80.8 Å². The van der Waals surface area contributed by atoms with Gasteiger partial charge in [-0.1, -0.05) is 6.07 Å². The Kier molecular flexibility index (Phi) is 1.96. The molecule has 0 unspecified atom stereocenters. The van der Waals surface area contributed by atoms with E-state index in [1.165, 1.54) is 0 Å². The van der Waals surface area contributed by atoms with E-state index in [2.05, 4.69) is 4.98 Å². The lowest BCUT2D eigenvalue weighted by molar-refractivity contribution is -0.136. The molecule has 0 aromatic carbocycles. The number of rotatable bonds is 2. The van der Waals surface area contributed by atoms with Crippen molar-refractivity contribution in [2.24, 2.45) is 0 Å². The molecule has 0 aliphatic heterocycles. The first-order valence-electron chi connectivity index (χ1n) is 4.33. The number of carboxylic acid groups (broad SMARTS) is 1. The molecule has 0 fully saturated rings. The maximum absolute atomic E-state index is 10.6. The van der Waals surface area contributed by atoms with Crippen LogP contribution in [0, 0.1) is 6.92 Å². The number of hydrogen-bond acceptors (Lipinski definition) is 2. The van der Waals surface area contributed by atoms with Crippen LogP contribution in [-0.4, -0.2) is 20.5 Å². The van der Waals surface area contributed by atoms with Gasteiger partial charge in [-0.2, -0.15) is 0 Å². The molecular formula is C10H10N2O2. The highest BCUT2D eigenvalue weighted by molar-refractivity contribution is 5.73. The molecule has 4 nitrogen and oxygen atoms in total. The van der Waals surface area contributed by atoms with Crippen molar-refractivity contribution in [1.29, 1.82) is 0 Å². The number of aliphatic carboxylic acids is 1. The van der Waals surface area contributed by atoms with E-state index in [9.17, 15) is 4.79 Å². The Morgan fingerprint density at radius 1 is 1.57 bits per heavy atom. The molecule has 0 aliphatic carbocycles. The normalized spacial score (nSPS) is 10.6. The van der Waals surface area contributed by atoms with Crippen molar-refractivity contribution < 1.29 is 9.90 Å². The maximum atomic E-state index is 10.6. The number of fused-ring (bicyclic) bond motifs is 1. The predicted octanol–water partition coefficient (Wildman–Crippen LogP) is 1.27. The topological polar surface area (TPSA) is 54.6 Å². The third-order valence-corrected chi connectivity index (χ3v) is 2.12. The molecule has 0 radical (unpaired) electrons. The van der Waals surface area contributed by atoms with Crippen LogP contribution in [0.1, 0.15) is 11.5 Å². The zero-order valence-electron chi connectivity index (χ0n) is 7.77. The minimum Gasteiger partial charge on any atom is -0.481 e. The SMILES string of the molecule is Cc1nc(CC(=O)O)c2ccccn12. The van der Waals surface area contributed by atoms with Crippen LogP contribution in [0.4, 0.5) is 0 Å². The van der Waals surface area contributed by atoms with Crippen molar-refractivity contribution in [2.75, 3.05) is 0 Å². The standard InChI is InChI=1S/C10H10N2O2/c1-7-11-8(6-10(13)14)9-4-2-3-5-12(7)9/h2-5H,6H2,1H3,(H,13,14). The fraction of sp³-hybridized carbons (Fsp3) is 0.200. The number of carboxylic acids is 1. The number of pyridine rings is 1. The van der Waals surface area contributed by atoms with Gasteiger partial charge < -0.3 is 9.51 Å². The van der Waals surface area contributed by atoms with Gasteiger partial charge in [0.15, 0.2) is 0 Å². The van der Waals surface area contributed by atoms with Gasteiger partial charge in [0.05, 0.1) is 17.6 Å². The van der Waals surface area contributed by atoms with Gasteiger partial charge in [0, 0.05) is 6.20 Å². The first-order chi connectivity index (χ1) is 6.68. The minimum absolute atomic E-state index is 0.0264. The quantitative estimate of drug-likeness (QED) is 0.775. The van der Waals surface area contributed by atoms with Gasteiger partial charge in [-0.3, -0.25) is 4.79 Å². The molecule has 0 bridgehead atoms. The van der Waals surface area contributed by atoms with E-state index < -0.39 is 5.97 Å². The predicted molar refractivity (Wildman–Crippen MR) is 51.3 cm³/mol. The summed E-state index contributed by atoms with van der Waals surface area (Å²) in [6.07, 6.45) is 1.85. The van der Waals surface area contributed by atoms with Gasteiger partial charge in [0.2, 0.25) is 0 Å². The van der Waals surface area contributed by atoms with Crippen LogP contribution in [-0.2, 0) is 11.2 Å². The lowest BCUT2D eigenvalue weighted by Gasteiger charge is -1.94. The van der Waals surface area contributed by atoms with Crippen LogP contribution in [0.5, 0.6) is 0 Å². The summed E-state index contributed by atoms with van der Waals surface area (Å²) in [4.78, 5) is 14.8. The van der Waals surface area contributed by atoms with Gasteiger partial charge in [-0.15, -0.1) is 0 Å². The van der Waals surface area contributed by atoms with Crippen molar-refractivity contribution in [1.82, 2.24) is 9.38 Å². The molecule has 4 heteroatoms. The second-order valence-electron chi connectivity index (χ2n) is 3.13. The monoisotopic (exact) mass is 190 g/mol. The molecule has 0 aliphatic rings. The van der Waals surface area contributed by atoms with Crippen LogP contribution in [0.15, 0.2) is 24.4 Å². The summed E-state index contributed by atoms with van der Waals surface area (Å²) in [5.74, 6) is -0.0364. The summed E-state index contributed by atoms with van der Waals surface area (Å²) in [7, 11) is 0. The van der Waals surface area contributed by atoms with E-state index in [0.717, 1.165) is 11.3 Å². The van der Waals surface area contributed by atoms with Crippen molar-refractivity contribution >= 4 is 11.5 Å². The highest BCUT2D eigenvalue weighted by atomic mass is 16.4. The second kappa shape index (κ2) is 3.14. The molecule has 0 spiro atoms. The lowest BCUT2D eigenvalue weighted by Crippen LogP contribution is -2.00. The Balaban J connectivity index is 2.60. The van der Waals surface area contributed by atoms with Gasteiger partial charge >= 0.3 is 5.97 Å². The van der Waals surface area contributed by atoms with Crippen molar-refractivity contribution in [3.63, 3.8) is 0 Å². The van der Waals surface area contributed by atoms with Crippen LogP contribution < -0.4 is 0 Å². The number of carbonyl (C=O) groups is 1. The van der Waals surface area contributed by atoms with E-state index >= 15 is 0 Å². The lowest BCUT2D eigenvalue weighted by atomic mass is 10.2. The summed E-state index contributed by atoms with van der Waals surface area (Å²) < 4.78 is 1.89. The molecule has 2 heterocycles. The molecular weight excluding hydrogens is 180 g/mol. The summed E-state index contributed by atoms with van der Waals surface area (Å²) in [5.41, 5.74) is 1.49. The average molecular weight is 190 g/mol. The highest BCUT2D eigenvalue weighted by Crippen LogP contribution is 2.12. The number of aromatic nitrogens is 2. The van der Waals surface area contributed by atoms with E-state index in [-0.39, 0.29) is 6.42 Å². The molecule has 1 N–H and O–H groups in total. The fourth-order valence-electron chi connectivity index (χ4n) is 1.54. The molecule has 2 aromatic heterocycles. The zero-order valence-corrected chi connectivity index (χ0v) is 7.77. The molecule has 0 atom stereocenters. The summed E-state index contributed by atoms with van der Waals surface area (Å²) in [5, 5.41) is 8.69. The molecule has 14 heavy (non-hydrogen) atoms. The Morgan fingerprint density at radius 2 is 2.36 bits per heavy atom. The summed E-state index contributed by atoms with van der Waals surface area (Å²) in [6, 6.07) is 5.65.